The van der Waals surface area contributed by atoms with Gasteiger partial charge in [0.1, 0.15) is 0 Å². The highest BCUT2D eigenvalue weighted by Crippen LogP contribution is 2.11. The van der Waals surface area contributed by atoms with Crippen LogP contribution in [0.1, 0.15) is 5.56 Å². The van der Waals surface area contributed by atoms with Crippen molar-refractivity contribution in [1.82, 2.24) is 4.90 Å². The van der Waals surface area contributed by atoms with Crippen LogP contribution >= 0.6 is 22.6 Å². The van der Waals surface area contributed by atoms with Crippen molar-refractivity contribution < 1.29 is 4.74 Å². The van der Waals surface area contributed by atoms with Gasteiger partial charge in [-0.15, -0.1) is 0 Å². The van der Waals surface area contributed by atoms with E-state index in [1.165, 1.54) is 5.56 Å². The molecule has 0 spiro atoms. The van der Waals surface area contributed by atoms with Gasteiger partial charge in [0, 0.05) is 23.6 Å². The average molecular weight is 317 g/mol. The molecule has 1 atom stereocenters. The van der Waals surface area contributed by atoms with E-state index in [-0.39, 0.29) is 0 Å². The molecule has 1 aromatic carbocycles. The van der Waals surface area contributed by atoms with Crippen molar-refractivity contribution in [2.75, 3.05) is 26.3 Å². The zero-order valence-electron chi connectivity index (χ0n) is 8.73. The Morgan fingerprint density at radius 2 is 2.13 bits per heavy atom. The van der Waals surface area contributed by atoms with Crippen molar-refractivity contribution >= 4 is 22.6 Å². The third kappa shape index (κ3) is 3.74. The summed E-state index contributed by atoms with van der Waals surface area (Å²) >= 11 is 2.47. The lowest BCUT2D eigenvalue weighted by atomic mass is 10.2. The van der Waals surface area contributed by atoms with E-state index in [9.17, 15) is 0 Å². The zero-order valence-corrected chi connectivity index (χ0v) is 10.9. The van der Waals surface area contributed by atoms with Crippen molar-refractivity contribution in [2.24, 2.45) is 0 Å². The van der Waals surface area contributed by atoms with Gasteiger partial charge in [0.25, 0.3) is 0 Å². The predicted molar refractivity (Wildman–Crippen MR) is 70.3 cm³/mol. The summed E-state index contributed by atoms with van der Waals surface area (Å²) < 4.78 is 6.14. The normalized spacial score (nSPS) is 23.7. The van der Waals surface area contributed by atoms with Crippen molar-refractivity contribution in [3.05, 3.63) is 35.9 Å². The molecule has 1 aromatic rings. The standard InChI is InChI=1S/C12H16INO/c13-12-9-14(6-7-15-10-12)8-11-4-2-1-3-5-11/h1-5,12H,6-10H2. The average Bonchev–Trinajstić information content (AvgIpc) is 2.44. The van der Waals surface area contributed by atoms with E-state index in [0.29, 0.717) is 3.92 Å². The van der Waals surface area contributed by atoms with Gasteiger partial charge in [0.05, 0.1) is 13.2 Å². The maximum Gasteiger partial charge on any atom is 0.0597 e. The number of nitrogens with zero attached hydrogens (tertiary/aromatic N) is 1. The molecule has 1 aliphatic heterocycles. The first-order valence-corrected chi connectivity index (χ1v) is 6.57. The second-order valence-electron chi connectivity index (χ2n) is 3.89. The molecule has 0 aliphatic carbocycles. The number of hydrogen-bond acceptors (Lipinski definition) is 2. The Kier molecular flexibility index (Phi) is 4.41. The van der Waals surface area contributed by atoms with Crippen molar-refractivity contribution in [2.45, 2.75) is 10.5 Å². The van der Waals surface area contributed by atoms with Gasteiger partial charge in [-0.05, 0) is 5.56 Å². The summed E-state index contributed by atoms with van der Waals surface area (Å²) in [6.07, 6.45) is 0. The molecule has 1 fully saturated rings. The van der Waals surface area contributed by atoms with Crippen molar-refractivity contribution in [3.8, 4) is 0 Å². The highest BCUT2D eigenvalue weighted by atomic mass is 127. The van der Waals surface area contributed by atoms with Crippen LogP contribution in [0, 0.1) is 0 Å². The van der Waals surface area contributed by atoms with Gasteiger partial charge < -0.3 is 4.74 Å². The fourth-order valence-electron chi connectivity index (χ4n) is 1.81. The third-order valence-electron chi connectivity index (χ3n) is 2.56. The van der Waals surface area contributed by atoms with Gasteiger partial charge in [-0.2, -0.15) is 0 Å². The van der Waals surface area contributed by atoms with Crippen LogP contribution in [0.15, 0.2) is 30.3 Å². The summed E-state index contributed by atoms with van der Waals surface area (Å²) in [5.41, 5.74) is 1.39. The monoisotopic (exact) mass is 317 g/mol. The molecule has 0 amide bonds. The Bertz CT molecular complexity index is 291. The fraction of sp³-hybridized carbons (Fsp3) is 0.500. The lowest BCUT2D eigenvalue weighted by Crippen LogP contribution is -2.29. The number of halogens is 1. The lowest BCUT2D eigenvalue weighted by Gasteiger charge is -2.20. The molecule has 1 unspecified atom stereocenters. The van der Waals surface area contributed by atoms with Gasteiger partial charge in [-0.25, -0.2) is 0 Å². The fourth-order valence-corrected chi connectivity index (χ4v) is 2.63. The third-order valence-corrected chi connectivity index (χ3v) is 3.31. The van der Waals surface area contributed by atoms with E-state index >= 15 is 0 Å². The Morgan fingerprint density at radius 3 is 2.93 bits per heavy atom. The second kappa shape index (κ2) is 5.82. The molecule has 2 rings (SSSR count). The summed E-state index contributed by atoms with van der Waals surface area (Å²) in [6, 6.07) is 10.6. The summed E-state index contributed by atoms with van der Waals surface area (Å²) in [6.45, 7) is 4.99. The maximum absolute atomic E-state index is 5.53. The van der Waals surface area contributed by atoms with E-state index < -0.39 is 0 Å². The van der Waals surface area contributed by atoms with E-state index in [1.807, 2.05) is 0 Å². The highest BCUT2D eigenvalue weighted by molar-refractivity contribution is 14.1. The number of alkyl halides is 1. The Balaban J connectivity index is 1.93. The quantitative estimate of drug-likeness (QED) is 0.613. The number of rotatable bonds is 2. The molecule has 3 heteroatoms. The first kappa shape index (κ1) is 11.4. The van der Waals surface area contributed by atoms with Crippen LogP contribution < -0.4 is 0 Å². The van der Waals surface area contributed by atoms with Gasteiger partial charge in [0.15, 0.2) is 0 Å². The molecule has 1 saturated heterocycles. The van der Waals surface area contributed by atoms with Gasteiger partial charge in [0.2, 0.25) is 0 Å². The molecule has 0 aromatic heterocycles. The number of hydrogen-bond donors (Lipinski definition) is 0. The lowest BCUT2D eigenvalue weighted by molar-refractivity contribution is 0.143. The molecule has 0 saturated carbocycles. The minimum Gasteiger partial charge on any atom is -0.379 e. The topological polar surface area (TPSA) is 12.5 Å². The molecule has 2 nitrogen and oxygen atoms in total. The Labute approximate surface area is 105 Å². The van der Waals surface area contributed by atoms with E-state index in [1.54, 1.807) is 0 Å². The summed E-state index contributed by atoms with van der Waals surface area (Å²) in [7, 11) is 0. The smallest absolute Gasteiger partial charge is 0.0597 e. The van der Waals surface area contributed by atoms with Crippen LogP contribution in [0.5, 0.6) is 0 Å². The minimum atomic E-state index is 0.619. The van der Waals surface area contributed by atoms with Crippen molar-refractivity contribution in [3.63, 3.8) is 0 Å². The maximum atomic E-state index is 5.53. The minimum absolute atomic E-state index is 0.619. The second-order valence-corrected chi connectivity index (χ2v) is 5.65. The number of ether oxygens (including phenoxy) is 1. The molecule has 15 heavy (non-hydrogen) atoms. The SMILES string of the molecule is IC1COCCN(Cc2ccccc2)C1. The molecule has 0 radical (unpaired) electrons. The van der Waals surface area contributed by atoms with Crippen LogP contribution in [0.4, 0.5) is 0 Å². The van der Waals surface area contributed by atoms with Crippen LogP contribution in [-0.4, -0.2) is 35.1 Å². The Morgan fingerprint density at radius 1 is 1.33 bits per heavy atom. The molecular weight excluding hydrogens is 301 g/mol. The summed E-state index contributed by atoms with van der Waals surface area (Å²) in [5, 5.41) is 0. The van der Waals surface area contributed by atoms with Crippen LogP contribution in [0.2, 0.25) is 0 Å². The molecule has 1 heterocycles. The van der Waals surface area contributed by atoms with Gasteiger partial charge in [-0.1, -0.05) is 52.9 Å². The number of benzene rings is 1. The zero-order chi connectivity index (χ0) is 10.5. The molecule has 0 N–H and O–H groups in total. The molecule has 1 aliphatic rings. The van der Waals surface area contributed by atoms with E-state index in [2.05, 4.69) is 57.8 Å². The van der Waals surface area contributed by atoms with Crippen LogP contribution in [0.3, 0.4) is 0 Å². The molecular formula is C12H16INO. The molecule has 0 bridgehead atoms. The largest absolute Gasteiger partial charge is 0.379 e. The van der Waals surface area contributed by atoms with Gasteiger partial charge in [-0.3, -0.25) is 4.90 Å². The Hall–Kier alpha value is -0.130. The molecule has 82 valence electrons. The van der Waals surface area contributed by atoms with Crippen LogP contribution in [-0.2, 0) is 11.3 Å². The summed E-state index contributed by atoms with van der Waals surface area (Å²) in [5.74, 6) is 0. The first-order valence-electron chi connectivity index (χ1n) is 5.32. The van der Waals surface area contributed by atoms with E-state index in [0.717, 1.165) is 32.8 Å². The van der Waals surface area contributed by atoms with Crippen LogP contribution in [0.25, 0.3) is 0 Å². The van der Waals surface area contributed by atoms with Crippen molar-refractivity contribution in [1.29, 1.82) is 0 Å². The highest BCUT2D eigenvalue weighted by Gasteiger charge is 2.15. The van der Waals surface area contributed by atoms with Gasteiger partial charge >= 0.3 is 0 Å². The predicted octanol–water partition coefficient (Wildman–Crippen LogP) is 2.32. The first-order chi connectivity index (χ1) is 7.34. The summed E-state index contributed by atoms with van der Waals surface area (Å²) in [4.78, 5) is 2.47. The van der Waals surface area contributed by atoms with E-state index in [4.69, 9.17) is 4.74 Å².